The number of rotatable bonds is 8. The molecule has 1 fully saturated rings. The highest BCUT2D eigenvalue weighted by atomic mass is 16.5. The van der Waals surface area contributed by atoms with Crippen molar-refractivity contribution in [3.05, 3.63) is 48.0 Å². The summed E-state index contributed by atoms with van der Waals surface area (Å²) in [6.45, 7) is 4.43. The molecule has 0 amide bonds. The van der Waals surface area contributed by atoms with Gasteiger partial charge in [-0.1, -0.05) is 12.1 Å². The van der Waals surface area contributed by atoms with E-state index in [9.17, 15) is 9.90 Å². The van der Waals surface area contributed by atoms with E-state index >= 15 is 0 Å². The number of esters is 1. The maximum absolute atomic E-state index is 11.4. The Bertz CT molecular complexity index is 782. The molecule has 3 rings (SSSR count). The van der Waals surface area contributed by atoms with Crippen LogP contribution < -0.4 is 9.47 Å². The summed E-state index contributed by atoms with van der Waals surface area (Å²) in [6, 6.07) is 13.6. The van der Waals surface area contributed by atoms with Crippen LogP contribution in [0, 0.1) is 11.8 Å². The van der Waals surface area contributed by atoms with Crippen LogP contribution in [0.5, 0.6) is 11.5 Å². The van der Waals surface area contributed by atoms with Crippen molar-refractivity contribution in [3.63, 3.8) is 0 Å². The van der Waals surface area contributed by atoms with Gasteiger partial charge in [-0.25, -0.2) is 0 Å². The van der Waals surface area contributed by atoms with E-state index < -0.39 is 0 Å². The summed E-state index contributed by atoms with van der Waals surface area (Å²) in [4.78, 5) is 11.4. The number of aliphatic hydroxyl groups excluding tert-OH is 1. The number of ether oxygens (including phenoxy) is 3. The summed E-state index contributed by atoms with van der Waals surface area (Å²) >= 11 is 0. The SMILES string of the molecule is COC(=O)C1CC1COc1ccc(-c2cc(CO)cc(OC(C)C)c2)cc1. The Morgan fingerprint density at radius 1 is 1.11 bits per heavy atom. The van der Waals surface area contributed by atoms with Gasteiger partial charge in [-0.15, -0.1) is 0 Å². The predicted molar refractivity (Wildman–Crippen MR) is 103 cm³/mol. The van der Waals surface area contributed by atoms with E-state index in [-0.39, 0.29) is 30.5 Å². The van der Waals surface area contributed by atoms with Crippen molar-refractivity contribution in [2.45, 2.75) is 33.0 Å². The average molecular weight is 370 g/mol. The largest absolute Gasteiger partial charge is 0.493 e. The Balaban J connectivity index is 1.65. The molecule has 27 heavy (non-hydrogen) atoms. The second-order valence-corrected chi connectivity index (χ2v) is 7.15. The lowest BCUT2D eigenvalue weighted by Crippen LogP contribution is -2.08. The van der Waals surface area contributed by atoms with Gasteiger partial charge < -0.3 is 19.3 Å². The van der Waals surface area contributed by atoms with Crippen molar-refractivity contribution in [2.75, 3.05) is 13.7 Å². The molecule has 1 saturated carbocycles. The highest BCUT2D eigenvalue weighted by molar-refractivity contribution is 5.75. The predicted octanol–water partition coefficient (Wildman–Crippen LogP) is 3.82. The molecule has 5 nitrogen and oxygen atoms in total. The highest BCUT2D eigenvalue weighted by Crippen LogP contribution is 2.39. The Morgan fingerprint density at radius 2 is 1.85 bits per heavy atom. The van der Waals surface area contributed by atoms with Gasteiger partial charge in [0.05, 0.1) is 32.3 Å². The van der Waals surface area contributed by atoms with Crippen LogP contribution in [0.4, 0.5) is 0 Å². The van der Waals surface area contributed by atoms with Gasteiger partial charge in [0.2, 0.25) is 0 Å². The van der Waals surface area contributed by atoms with Gasteiger partial charge in [-0.2, -0.15) is 0 Å². The lowest BCUT2D eigenvalue weighted by atomic mass is 10.0. The first-order valence-corrected chi connectivity index (χ1v) is 9.22. The Kier molecular flexibility index (Phi) is 6.01. The normalized spacial score (nSPS) is 18.3. The van der Waals surface area contributed by atoms with E-state index in [1.807, 2.05) is 56.3 Å². The molecule has 5 heteroatoms. The highest BCUT2D eigenvalue weighted by Gasteiger charge is 2.44. The van der Waals surface area contributed by atoms with Gasteiger partial charge in [0.25, 0.3) is 0 Å². The van der Waals surface area contributed by atoms with Crippen LogP contribution in [0.25, 0.3) is 11.1 Å². The van der Waals surface area contributed by atoms with E-state index in [4.69, 9.17) is 14.2 Å². The quantitative estimate of drug-likeness (QED) is 0.716. The number of carbonyl (C=O) groups excluding carboxylic acids is 1. The van der Waals surface area contributed by atoms with Gasteiger partial charge in [0.1, 0.15) is 11.5 Å². The number of benzene rings is 2. The third kappa shape index (κ3) is 5.01. The molecule has 2 aromatic rings. The van der Waals surface area contributed by atoms with Gasteiger partial charge in [-0.05, 0) is 67.3 Å². The Hall–Kier alpha value is -2.53. The van der Waals surface area contributed by atoms with Crippen LogP contribution in [0.1, 0.15) is 25.8 Å². The van der Waals surface area contributed by atoms with E-state index in [1.165, 1.54) is 7.11 Å². The minimum absolute atomic E-state index is 0.0186. The minimum atomic E-state index is -0.151. The fraction of sp³-hybridized carbons (Fsp3) is 0.409. The lowest BCUT2D eigenvalue weighted by molar-refractivity contribution is -0.142. The molecule has 2 unspecified atom stereocenters. The molecule has 2 aromatic carbocycles. The van der Waals surface area contributed by atoms with Crippen LogP contribution in [0.15, 0.2) is 42.5 Å². The van der Waals surface area contributed by atoms with Crippen molar-refractivity contribution in [3.8, 4) is 22.6 Å². The number of methoxy groups -OCH3 is 1. The average Bonchev–Trinajstić information content (AvgIpc) is 3.45. The summed E-state index contributed by atoms with van der Waals surface area (Å²) in [7, 11) is 1.42. The van der Waals surface area contributed by atoms with Crippen LogP contribution >= 0.6 is 0 Å². The summed E-state index contributed by atoms with van der Waals surface area (Å²) in [5, 5.41) is 9.51. The van der Waals surface area contributed by atoms with Gasteiger partial charge in [-0.3, -0.25) is 4.79 Å². The minimum Gasteiger partial charge on any atom is -0.493 e. The van der Waals surface area contributed by atoms with E-state index in [1.54, 1.807) is 0 Å². The number of hydrogen-bond donors (Lipinski definition) is 1. The molecule has 144 valence electrons. The molecule has 0 heterocycles. The first-order valence-electron chi connectivity index (χ1n) is 9.22. The fourth-order valence-corrected chi connectivity index (χ4v) is 3.08. The number of carbonyl (C=O) groups is 1. The van der Waals surface area contributed by atoms with Crippen LogP contribution in [-0.2, 0) is 16.1 Å². The molecule has 0 aromatic heterocycles. The van der Waals surface area contributed by atoms with Crippen LogP contribution in [0.2, 0.25) is 0 Å². The molecule has 0 radical (unpaired) electrons. The molecular weight excluding hydrogens is 344 g/mol. The topological polar surface area (TPSA) is 65.0 Å². The second kappa shape index (κ2) is 8.44. The van der Waals surface area contributed by atoms with E-state index in [0.717, 1.165) is 34.6 Å². The standard InChI is InChI=1S/C22H26O5/c1-14(2)27-20-9-15(12-23)8-17(10-20)16-4-6-19(7-5-16)26-13-18-11-21(18)22(24)25-3/h4-10,14,18,21,23H,11-13H2,1-3H3. The number of aliphatic hydroxyl groups is 1. The molecule has 0 bridgehead atoms. The van der Waals surface area contributed by atoms with Crippen molar-refractivity contribution in [2.24, 2.45) is 11.8 Å². The summed E-state index contributed by atoms with van der Waals surface area (Å²) in [5.74, 6) is 1.59. The summed E-state index contributed by atoms with van der Waals surface area (Å²) in [6.07, 6.45) is 0.899. The van der Waals surface area contributed by atoms with Crippen molar-refractivity contribution in [1.29, 1.82) is 0 Å². The van der Waals surface area contributed by atoms with Crippen LogP contribution in [0.3, 0.4) is 0 Å². The molecule has 0 spiro atoms. The third-order valence-electron chi connectivity index (χ3n) is 4.60. The summed E-state index contributed by atoms with van der Waals surface area (Å²) in [5.41, 5.74) is 2.81. The molecule has 0 saturated heterocycles. The van der Waals surface area contributed by atoms with Crippen molar-refractivity contribution >= 4 is 5.97 Å². The Morgan fingerprint density at radius 3 is 2.48 bits per heavy atom. The molecule has 2 atom stereocenters. The molecule has 0 aliphatic heterocycles. The first-order chi connectivity index (χ1) is 13.0. The molecule has 1 aliphatic carbocycles. The molecular formula is C22H26O5. The smallest absolute Gasteiger partial charge is 0.309 e. The zero-order valence-corrected chi connectivity index (χ0v) is 16.0. The monoisotopic (exact) mass is 370 g/mol. The molecule has 1 aliphatic rings. The van der Waals surface area contributed by atoms with Gasteiger partial charge in [0.15, 0.2) is 0 Å². The fourth-order valence-electron chi connectivity index (χ4n) is 3.08. The van der Waals surface area contributed by atoms with Gasteiger partial charge >= 0.3 is 5.97 Å². The van der Waals surface area contributed by atoms with E-state index in [0.29, 0.717) is 6.61 Å². The first kappa shape index (κ1) is 19.2. The number of hydrogen-bond acceptors (Lipinski definition) is 5. The zero-order valence-electron chi connectivity index (χ0n) is 16.0. The van der Waals surface area contributed by atoms with Crippen molar-refractivity contribution in [1.82, 2.24) is 0 Å². The molecule has 1 N–H and O–H groups in total. The van der Waals surface area contributed by atoms with E-state index in [2.05, 4.69) is 0 Å². The maximum atomic E-state index is 11.4. The maximum Gasteiger partial charge on any atom is 0.309 e. The van der Waals surface area contributed by atoms with Crippen molar-refractivity contribution < 1.29 is 24.1 Å². The van der Waals surface area contributed by atoms with Crippen LogP contribution in [-0.4, -0.2) is 30.9 Å². The zero-order chi connectivity index (χ0) is 19.4. The second-order valence-electron chi connectivity index (χ2n) is 7.15. The summed E-state index contributed by atoms with van der Waals surface area (Å²) < 4.78 is 16.3. The van der Waals surface area contributed by atoms with Gasteiger partial charge in [0, 0.05) is 5.92 Å². The lowest BCUT2D eigenvalue weighted by Gasteiger charge is -2.13. The Labute approximate surface area is 159 Å². The third-order valence-corrected chi connectivity index (χ3v) is 4.60.